The van der Waals surface area contributed by atoms with Crippen molar-refractivity contribution in [3.63, 3.8) is 0 Å². The average molecular weight is 376 g/mol. The molecule has 0 unspecified atom stereocenters. The molecule has 2 aliphatic heterocycles. The standard InChI is InChI=1S/C19H28N4O4/c1-15(24)21-17-13-16(3-6-20-17)18(25)23-7-2-4-19(26,5-8-23)14-22-9-11-27-12-10-22/h3,6,13,26H,2,4-5,7-12,14H2,1H3,(H,20,21,24)/t19-/m1/s1. The zero-order valence-corrected chi connectivity index (χ0v) is 15.8. The Balaban J connectivity index is 1.61. The predicted molar refractivity (Wildman–Crippen MR) is 101 cm³/mol. The minimum atomic E-state index is -0.772. The van der Waals surface area contributed by atoms with Gasteiger partial charge in [0, 0.05) is 51.4 Å². The third kappa shape index (κ3) is 5.47. The van der Waals surface area contributed by atoms with Crippen LogP contribution >= 0.6 is 0 Å². The molecular formula is C19H28N4O4. The van der Waals surface area contributed by atoms with Crippen LogP contribution in [-0.2, 0) is 9.53 Å². The summed E-state index contributed by atoms with van der Waals surface area (Å²) >= 11 is 0. The first-order valence-corrected chi connectivity index (χ1v) is 9.51. The second kappa shape index (κ2) is 8.77. The lowest BCUT2D eigenvalue weighted by Gasteiger charge is -2.35. The van der Waals surface area contributed by atoms with E-state index < -0.39 is 5.60 Å². The zero-order valence-electron chi connectivity index (χ0n) is 15.8. The Kier molecular flexibility index (Phi) is 6.41. The van der Waals surface area contributed by atoms with Crippen LogP contribution in [0.25, 0.3) is 0 Å². The molecule has 8 nitrogen and oxygen atoms in total. The van der Waals surface area contributed by atoms with Gasteiger partial charge in [-0.25, -0.2) is 4.98 Å². The van der Waals surface area contributed by atoms with Gasteiger partial charge in [-0.2, -0.15) is 0 Å². The second-order valence-corrected chi connectivity index (χ2v) is 7.37. The summed E-state index contributed by atoms with van der Waals surface area (Å²) in [6, 6.07) is 3.24. The molecule has 0 aliphatic carbocycles. The van der Waals surface area contributed by atoms with Crippen LogP contribution < -0.4 is 5.32 Å². The molecule has 1 atom stereocenters. The van der Waals surface area contributed by atoms with Crippen molar-refractivity contribution in [2.24, 2.45) is 0 Å². The van der Waals surface area contributed by atoms with Gasteiger partial charge in [0.25, 0.3) is 5.91 Å². The number of hydrogen-bond acceptors (Lipinski definition) is 6. The van der Waals surface area contributed by atoms with Crippen molar-refractivity contribution in [3.8, 4) is 0 Å². The fourth-order valence-corrected chi connectivity index (χ4v) is 3.71. The van der Waals surface area contributed by atoms with E-state index >= 15 is 0 Å². The number of carbonyl (C=O) groups excluding carboxylic acids is 2. The highest BCUT2D eigenvalue weighted by Gasteiger charge is 2.34. The number of anilines is 1. The number of aliphatic hydroxyl groups is 1. The number of carbonyl (C=O) groups is 2. The fraction of sp³-hybridized carbons (Fsp3) is 0.632. The lowest BCUT2D eigenvalue weighted by Crippen LogP contribution is -2.48. The average Bonchev–Trinajstić information content (AvgIpc) is 2.83. The van der Waals surface area contributed by atoms with Crippen molar-refractivity contribution in [2.75, 3.05) is 51.3 Å². The number of pyridine rings is 1. The molecule has 27 heavy (non-hydrogen) atoms. The summed E-state index contributed by atoms with van der Waals surface area (Å²) in [4.78, 5) is 32.1. The maximum Gasteiger partial charge on any atom is 0.254 e. The first-order chi connectivity index (χ1) is 13.0. The third-order valence-electron chi connectivity index (χ3n) is 5.14. The Bertz CT molecular complexity index is 677. The van der Waals surface area contributed by atoms with Gasteiger partial charge in [0.15, 0.2) is 0 Å². The summed E-state index contributed by atoms with van der Waals surface area (Å²) in [6.45, 7) is 6.25. The molecule has 0 saturated carbocycles. The molecule has 2 N–H and O–H groups in total. The van der Waals surface area contributed by atoms with E-state index in [1.807, 2.05) is 0 Å². The molecule has 2 saturated heterocycles. The largest absolute Gasteiger partial charge is 0.388 e. The summed E-state index contributed by atoms with van der Waals surface area (Å²) in [7, 11) is 0. The summed E-state index contributed by atoms with van der Waals surface area (Å²) in [5.74, 6) is 0.0432. The van der Waals surface area contributed by atoms with Crippen LogP contribution in [0.4, 0.5) is 5.82 Å². The van der Waals surface area contributed by atoms with Crippen molar-refractivity contribution >= 4 is 17.6 Å². The van der Waals surface area contributed by atoms with Gasteiger partial charge in [-0.05, 0) is 31.4 Å². The first-order valence-electron chi connectivity index (χ1n) is 9.51. The molecule has 0 bridgehead atoms. The Labute approximate surface area is 159 Å². The zero-order chi connectivity index (χ0) is 19.3. The maximum absolute atomic E-state index is 12.9. The number of ether oxygens (including phenoxy) is 1. The molecule has 2 amide bonds. The van der Waals surface area contributed by atoms with E-state index in [9.17, 15) is 14.7 Å². The highest BCUT2D eigenvalue weighted by molar-refractivity contribution is 5.96. The lowest BCUT2D eigenvalue weighted by molar-refractivity contribution is -0.114. The number of morpholine rings is 1. The quantitative estimate of drug-likeness (QED) is 0.804. The van der Waals surface area contributed by atoms with E-state index in [-0.39, 0.29) is 11.8 Å². The van der Waals surface area contributed by atoms with Crippen LogP contribution in [0, 0.1) is 0 Å². The molecule has 0 radical (unpaired) electrons. The molecule has 0 aromatic carbocycles. The summed E-state index contributed by atoms with van der Waals surface area (Å²) in [5, 5.41) is 13.6. The van der Waals surface area contributed by atoms with Crippen molar-refractivity contribution in [2.45, 2.75) is 31.8 Å². The van der Waals surface area contributed by atoms with Crippen molar-refractivity contribution in [1.82, 2.24) is 14.8 Å². The number of amides is 2. The number of aromatic nitrogens is 1. The highest BCUT2D eigenvalue weighted by Crippen LogP contribution is 2.25. The smallest absolute Gasteiger partial charge is 0.254 e. The molecule has 2 aliphatic rings. The van der Waals surface area contributed by atoms with Gasteiger partial charge in [-0.1, -0.05) is 0 Å². The second-order valence-electron chi connectivity index (χ2n) is 7.37. The van der Waals surface area contributed by atoms with Crippen molar-refractivity contribution < 1.29 is 19.4 Å². The van der Waals surface area contributed by atoms with Crippen molar-refractivity contribution in [1.29, 1.82) is 0 Å². The number of rotatable bonds is 4. The summed E-state index contributed by atoms with van der Waals surface area (Å²) < 4.78 is 5.37. The topological polar surface area (TPSA) is 95.0 Å². The fourth-order valence-electron chi connectivity index (χ4n) is 3.71. The molecule has 3 heterocycles. The first kappa shape index (κ1) is 19.7. The maximum atomic E-state index is 12.9. The minimum Gasteiger partial charge on any atom is -0.388 e. The predicted octanol–water partition coefficient (Wildman–Crippen LogP) is 0.729. The number of β-amino-alcohol motifs (C(OH)–C–C–N with tert-alkyl or cyclic N) is 1. The highest BCUT2D eigenvalue weighted by atomic mass is 16.5. The number of likely N-dealkylation sites (tertiary alicyclic amines) is 1. The Morgan fingerprint density at radius 1 is 1.26 bits per heavy atom. The van der Waals surface area contributed by atoms with Gasteiger partial charge >= 0.3 is 0 Å². The van der Waals surface area contributed by atoms with E-state index in [2.05, 4.69) is 15.2 Å². The van der Waals surface area contributed by atoms with Gasteiger partial charge < -0.3 is 20.1 Å². The Morgan fingerprint density at radius 3 is 2.78 bits per heavy atom. The van der Waals surface area contributed by atoms with E-state index in [0.29, 0.717) is 57.1 Å². The van der Waals surface area contributed by atoms with Gasteiger partial charge in [0.05, 0.1) is 18.8 Å². The molecule has 1 aromatic rings. The van der Waals surface area contributed by atoms with Gasteiger partial charge in [0.1, 0.15) is 5.82 Å². The van der Waals surface area contributed by atoms with Crippen LogP contribution in [-0.4, -0.2) is 83.2 Å². The normalized spacial score (nSPS) is 24.3. The lowest BCUT2D eigenvalue weighted by atomic mass is 9.94. The van der Waals surface area contributed by atoms with Crippen LogP contribution in [0.5, 0.6) is 0 Å². The van der Waals surface area contributed by atoms with Gasteiger partial charge in [-0.15, -0.1) is 0 Å². The molecule has 8 heteroatoms. The Morgan fingerprint density at radius 2 is 2.04 bits per heavy atom. The molecule has 3 rings (SSSR count). The molecule has 1 aromatic heterocycles. The molecule has 148 valence electrons. The molecular weight excluding hydrogens is 348 g/mol. The van der Waals surface area contributed by atoms with Gasteiger partial charge in [0.2, 0.25) is 5.91 Å². The van der Waals surface area contributed by atoms with E-state index in [1.165, 1.54) is 13.1 Å². The van der Waals surface area contributed by atoms with Crippen LogP contribution in [0.3, 0.4) is 0 Å². The van der Waals surface area contributed by atoms with E-state index in [1.54, 1.807) is 17.0 Å². The number of hydrogen-bond donors (Lipinski definition) is 2. The summed E-state index contributed by atoms with van der Waals surface area (Å²) in [6.07, 6.45) is 3.52. The Hall–Kier alpha value is -2.03. The van der Waals surface area contributed by atoms with E-state index in [0.717, 1.165) is 19.5 Å². The van der Waals surface area contributed by atoms with Crippen LogP contribution in [0.2, 0.25) is 0 Å². The molecule has 2 fully saturated rings. The minimum absolute atomic E-state index is 0.0976. The van der Waals surface area contributed by atoms with Gasteiger partial charge in [-0.3, -0.25) is 14.5 Å². The third-order valence-corrected chi connectivity index (χ3v) is 5.14. The van der Waals surface area contributed by atoms with Crippen LogP contribution in [0.1, 0.15) is 36.5 Å². The van der Waals surface area contributed by atoms with Crippen molar-refractivity contribution in [3.05, 3.63) is 23.9 Å². The van der Waals surface area contributed by atoms with E-state index in [4.69, 9.17) is 4.74 Å². The van der Waals surface area contributed by atoms with Crippen LogP contribution in [0.15, 0.2) is 18.3 Å². The number of nitrogens with zero attached hydrogens (tertiary/aromatic N) is 3. The molecule has 0 spiro atoms. The number of nitrogens with one attached hydrogen (secondary N) is 1. The monoisotopic (exact) mass is 376 g/mol. The summed E-state index contributed by atoms with van der Waals surface area (Å²) in [5.41, 5.74) is -0.279. The SMILES string of the molecule is CC(=O)Nc1cc(C(=O)N2CCC[C@](O)(CN3CCOCC3)CC2)ccn1.